The fourth-order valence-corrected chi connectivity index (χ4v) is 3.62. The van der Waals surface area contributed by atoms with Crippen molar-refractivity contribution in [2.24, 2.45) is 0 Å². The first-order chi connectivity index (χ1) is 16.1. The number of nitrogens with zero attached hydrogens (tertiary/aromatic N) is 3. The maximum absolute atomic E-state index is 5.50. The molecule has 0 aliphatic rings. The van der Waals surface area contributed by atoms with Crippen LogP contribution in [0.1, 0.15) is 31.7 Å². The lowest BCUT2D eigenvalue weighted by atomic mass is 10.2. The van der Waals surface area contributed by atoms with Crippen LogP contribution in [0.2, 0.25) is 0 Å². The van der Waals surface area contributed by atoms with E-state index >= 15 is 0 Å². The molecule has 1 aromatic heterocycles. The standard InChI is InChI=1S/C26H34N4O3/c1-6-30(7-2)16-8-15-27-26-21-17-23(32-4)24(33-5)18-22(21)28-25(29-26)14-11-19-9-12-20(31-3)13-10-19/h9-14,17-18H,6-8,15-16H2,1-5H3,(H,27,28,29)/b14-11+. The molecule has 0 atom stereocenters. The van der Waals surface area contributed by atoms with Crippen LogP contribution < -0.4 is 19.5 Å². The molecule has 0 radical (unpaired) electrons. The van der Waals surface area contributed by atoms with Gasteiger partial charge < -0.3 is 24.4 Å². The van der Waals surface area contributed by atoms with Gasteiger partial charge in [0.25, 0.3) is 0 Å². The zero-order valence-corrected chi connectivity index (χ0v) is 20.2. The average Bonchev–Trinajstić information content (AvgIpc) is 2.86. The molecule has 1 heterocycles. The normalized spacial score (nSPS) is 11.3. The van der Waals surface area contributed by atoms with Gasteiger partial charge in [-0.05, 0) is 55.9 Å². The minimum Gasteiger partial charge on any atom is -0.497 e. The smallest absolute Gasteiger partial charge is 0.162 e. The molecule has 7 nitrogen and oxygen atoms in total. The quantitative estimate of drug-likeness (QED) is 0.391. The third kappa shape index (κ3) is 6.35. The molecular weight excluding hydrogens is 416 g/mol. The van der Waals surface area contributed by atoms with E-state index in [1.807, 2.05) is 48.6 Å². The highest BCUT2D eigenvalue weighted by Crippen LogP contribution is 2.34. The molecule has 7 heteroatoms. The number of benzene rings is 2. The second kappa shape index (κ2) is 12.1. The number of hydrogen-bond acceptors (Lipinski definition) is 7. The molecule has 0 aliphatic heterocycles. The number of aromatic nitrogens is 2. The van der Waals surface area contributed by atoms with Gasteiger partial charge in [0, 0.05) is 18.0 Å². The molecular formula is C26H34N4O3. The predicted molar refractivity (Wildman–Crippen MR) is 135 cm³/mol. The Morgan fingerprint density at radius 2 is 1.58 bits per heavy atom. The predicted octanol–water partition coefficient (Wildman–Crippen LogP) is 4.97. The first-order valence-electron chi connectivity index (χ1n) is 11.3. The summed E-state index contributed by atoms with van der Waals surface area (Å²) in [5.41, 5.74) is 1.84. The number of anilines is 1. The number of hydrogen-bond donors (Lipinski definition) is 1. The van der Waals surface area contributed by atoms with Crippen LogP contribution in [0.25, 0.3) is 23.1 Å². The average molecular weight is 451 g/mol. The van der Waals surface area contributed by atoms with Gasteiger partial charge in [-0.3, -0.25) is 0 Å². The van der Waals surface area contributed by atoms with Crippen molar-refractivity contribution in [2.45, 2.75) is 20.3 Å². The van der Waals surface area contributed by atoms with Crippen molar-refractivity contribution in [3.05, 3.63) is 47.8 Å². The maximum Gasteiger partial charge on any atom is 0.162 e. The topological polar surface area (TPSA) is 68.7 Å². The summed E-state index contributed by atoms with van der Waals surface area (Å²) in [7, 11) is 4.92. The number of methoxy groups -OCH3 is 3. The van der Waals surface area contributed by atoms with Crippen LogP contribution in [-0.2, 0) is 0 Å². The van der Waals surface area contributed by atoms with E-state index in [0.717, 1.165) is 60.6 Å². The molecule has 0 spiro atoms. The zero-order chi connectivity index (χ0) is 23.6. The Labute approximate surface area is 196 Å². The van der Waals surface area contributed by atoms with Gasteiger partial charge in [-0.2, -0.15) is 0 Å². The van der Waals surface area contributed by atoms with E-state index < -0.39 is 0 Å². The number of ether oxygens (including phenoxy) is 3. The lowest BCUT2D eigenvalue weighted by Gasteiger charge is -2.18. The Balaban J connectivity index is 1.90. The van der Waals surface area contributed by atoms with Gasteiger partial charge in [-0.25, -0.2) is 9.97 Å². The maximum atomic E-state index is 5.50. The van der Waals surface area contributed by atoms with E-state index in [2.05, 4.69) is 24.1 Å². The molecule has 3 aromatic rings. The Bertz CT molecular complexity index is 1060. The number of rotatable bonds is 12. The molecule has 1 N–H and O–H groups in total. The monoisotopic (exact) mass is 450 g/mol. The second-order valence-corrected chi connectivity index (χ2v) is 7.57. The molecule has 0 saturated heterocycles. The fraction of sp³-hybridized carbons (Fsp3) is 0.385. The highest BCUT2D eigenvalue weighted by atomic mass is 16.5. The largest absolute Gasteiger partial charge is 0.497 e. The van der Waals surface area contributed by atoms with Crippen molar-refractivity contribution in [3.8, 4) is 17.2 Å². The highest BCUT2D eigenvalue weighted by Gasteiger charge is 2.13. The van der Waals surface area contributed by atoms with Crippen LogP contribution in [0, 0.1) is 0 Å². The summed E-state index contributed by atoms with van der Waals surface area (Å²) in [4.78, 5) is 12.0. The van der Waals surface area contributed by atoms with Gasteiger partial charge in [0.05, 0.1) is 26.8 Å². The Morgan fingerprint density at radius 1 is 0.879 bits per heavy atom. The van der Waals surface area contributed by atoms with E-state index in [1.165, 1.54) is 0 Å². The van der Waals surface area contributed by atoms with Crippen molar-refractivity contribution >= 4 is 28.9 Å². The van der Waals surface area contributed by atoms with E-state index in [0.29, 0.717) is 17.3 Å². The van der Waals surface area contributed by atoms with Gasteiger partial charge in [0.1, 0.15) is 11.6 Å². The molecule has 3 rings (SSSR count). The molecule has 2 aromatic carbocycles. The van der Waals surface area contributed by atoms with Gasteiger partial charge in [0.15, 0.2) is 17.3 Å². The van der Waals surface area contributed by atoms with E-state index in [9.17, 15) is 0 Å². The highest BCUT2D eigenvalue weighted by molar-refractivity contribution is 5.92. The molecule has 0 bridgehead atoms. The van der Waals surface area contributed by atoms with Crippen LogP contribution in [0.4, 0.5) is 5.82 Å². The van der Waals surface area contributed by atoms with Crippen molar-refractivity contribution in [2.75, 3.05) is 52.8 Å². The van der Waals surface area contributed by atoms with Crippen LogP contribution in [0.5, 0.6) is 17.2 Å². The van der Waals surface area contributed by atoms with Gasteiger partial charge >= 0.3 is 0 Å². The third-order valence-electron chi connectivity index (χ3n) is 5.60. The number of nitrogens with one attached hydrogen (secondary N) is 1. The van der Waals surface area contributed by atoms with Crippen molar-refractivity contribution in [3.63, 3.8) is 0 Å². The molecule has 0 amide bonds. The first-order valence-corrected chi connectivity index (χ1v) is 11.3. The Morgan fingerprint density at radius 3 is 2.21 bits per heavy atom. The summed E-state index contributed by atoms with van der Waals surface area (Å²) in [5, 5.41) is 4.41. The van der Waals surface area contributed by atoms with Gasteiger partial charge in [-0.1, -0.05) is 32.1 Å². The van der Waals surface area contributed by atoms with Crippen LogP contribution in [-0.4, -0.2) is 62.4 Å². The Kier molecular flexibility index (Phi) is 8.89. The van der Waals surface area contributed by atoms with E-state index in [-0.39, 0.29) is 0 Å². The summed E-state index contributed by atoms with van der Waals surface area (Å²) in [5.74, 6) is 3.53. The lowest BCUT2D eigenvalue weighted by molar-refractivity contribution is 0.303. The molecule has 33 heavy (non-hydrogen) atoms. The minimum absolute atomic E-state index is 0.622. The third-order valence-corrected chi connectivity index (χ3v) is 5.60. The van der Waals surface area contributed by atoms with E-state index in [1.54, 1.807) is 21.3 Å². The molecule has 0 fully saturated rings. The summed E-state index contributed by atoms with van der Waals surface area (Å²) in [6.45, 7) is 8.36. The zero-order valence-electron chi connectivity index (χ0n) is 20.2. The number of fused-ring (bicyclic) bond motifs is 1. The van der Waals surface area contributed by atoms with Crippen LogP contribution >= 0.6 is 0 Å². The van der Waals surface area contributed by atoms with Crippen LogP contribution in [0.3, 0.4) is 0 Å². The first kappa shape index (κ1) is 24.3. The van der Waals surface area contributed by atoms with Crippen molar-refractivity contribution in [1.82, 2.24) is 14.9 Å². The van der Waals surface area contributed by atoms with Gasteiger partial charge in [-0.15, -0.1) is 0 Å². The summed E-state index contributed by atoms with van der Waals surface area (Å²) < 4.78 is 16.2. The SMILES string of the molecule is CCN(CC)CCCNc1nc(/C=C/c2ccc(OC)cc2)nc2cc(OC)c(OC)cc12. The second-order valence-electron chi connectivity index (χ2n) is 7.57. The van der Waals surface area contributed by atoms with Crippen molar-refractivity contribution in [1.29, 1.82) is 0 Å². The molecule has 0 saturated carbocycles. The minimum atomic E-state index is 0.622. The van der Waals surface area contributed by atoms with Crippen LogP contribution in [0.15, 0.2) is 36.4 Å². The Hall–Kier alpha value is -3.32. The lowest BCUT2D eigenvalue weighted by Crippen LogP contribution is -2.25. The van der Waals surface area contributed by atoms with Crippen molar-refractivity contribution < 1.29 is 14.2 Å². The molecule has 0 unspecified atom stereocenters. The molecule has 176 valence electrons. The summed E-state index contributed by atoms with van der Waals surface area (Å²) >= 11 is 0. The molecule has 0 aliphatic carbocycles. The summed E-state index contributed by atoms with van der Waals surface area (Å²) in [6, 6.07) is 11.7. The van der Waals surface area contributed by atoms with E-state index in [4.69, 9.17) is 24.2 Å². The summed E-state index contributed by atoms with van der Waals surface area (Å²) in [6.07, 6.45) is 4.93. The van der Waals surface area contributed by atoms with Gasteiger partial charge in [0.2, 0.25) is 0 Å². The fourth-order valence-electron chi connectivity index (χ4n) is 3.62.